The smallest absolute Gasteiger partial charge is 0.310 e. The summed E-state index contributed by atoms with van der Waals surface area (Å²) < 4.78 is 4.96. The highest BCUT2D eigenvalue weighted by Gasteiger charge is 2.14. The van der Waals surface area contributed by atoms with Gasteiger partial charge in [0.15, 0.2) is 6.61 Å². The Hall–Kier alpha value is -1.56. The Morgan fingerprint density at radius 2 is 2.09 bits per heavy atom. The minimum Gasteiger partial charge on any atom is -0.455 e. The molecule has 0 aliphatic carbocycles. The van der Waals surface area contributed by atoms with Gasteiger partial charge in [-0.25, -0.2) is 0 Å². The van der Waals surface area contributed by atoms with Gasteiger partial charge in [0.2, 0.25) is 0 Å². The Morgan fingerprint density at radius 1 is 1.30 bits per heavy atom. The van der Waals surface area contributed by atoms with Gasteiger partial charge >= 0.3 is 5.97 Å². The van der Waals surface area contributed by atoms with E-state index in [9.17, 15) is 9.59 Å². The van der Waals surface area contributed by atoms with E-state index in [1.165, 1.54) is 11.3 Å². The van der Waals surface area contributed by atoms with E-state index in [-0.39, 0.29) is 25.0 Å². The summed E-state index contributed by atoms with van der Waals surface area (Å²) in [6.07, 6.45) is 0.162. The second-order valence-electron chi connectivity index (χ2n) is 4.92. The van der Waals surface area contributed by atoms with Gasteiger partial charge in [-0.3, -0.25) is 9.59 Å². The molecule has 0 radical (unpaired) electrons. The molecular formula is C16H15Cl2NO3S. The number of halogens is 2. The summed E-state index contributed by atoms with van der Waals surface area (Å²) in [5, 5.41) is 7.48. The van der Waals surface area contributed by atoms with Crippen LogP contribution in [0.3, 0.4) is 0 Å². The van der Waals surface area contributed by atoms with Gasteiger partial charge in [0.1, 0.15) is 0 Å². The second-order valence-corrected chi connectivity index (χ2v) is 6.55. The standard InChI is InChI=1S/C16H15Cl2NO3S/c1-10(13-3-2-12(17)7-14(13)18)19-15(20)8-22-16(21)6-11-4-5-23-9-11/h2-5,7,9-10H,6,8H2,1H3,(H,19,20)/t10-/m0/s1. The molecule has 0 aliphatic heterocycles. The number of hydrogen-bond acceptors (Lipinski definition) is 4. The topological polar surface area (TPSA) is 55.4 Å². The first-order valence-electron chi connectivity index (χ1n) is 6.86. The summed E-state index contributed by atoms with van der Waals surface area (Å²) in [5.74, 6) is -0.821. The molecule has 1 amide bonds. The molecule has 1 aromatic heterocycles. The zero-order chi connectivity index (χ0) is 16.8. The van der Waals surface area contributed by atoms with Crippen LogP contribution in [0.5, 0.6) is 0 Å². The monoisotopic (exact) mass is 371 g/mol. The normalized spacial score (nSPS) is 11.8. The van der Waals surface area contributed by atoms with Gasteiger partial charge in [-0.15, -0.1) is 0 Å². The van der Waals surface area contributed by atoms with Gasteiger partial charge in [-0.2, -0.15) is 11.3 Å². The van der Waals surface area contributed by atoms with Crippen LogP contribution in [0.25, 0.3) is 0 Å². The molecule has 7 heteroatoms. The SMILES string of the molecule is C[C@H](NC(=O)COC(=O)Cc1ccsc1)c1ccc(Cl)cc1Cl. The lowest BCUT2D eigenvalue weighted by molar-refractivity contribution is -0.148. The van der Waals surface area contributed by atoms with E-state index in [0.717, 1.165) is 11.1 Å². The predicted octanol–water partition coefficient (Wildman–Crippen LogP) is 4.02. The number of ether oxygens (including phenoxy) is 1. The first-order valence-corrected chi connectivity index (χ1v) is 8.56. The molecule has 23 heavy (non-hydrogen) atoms. The molecule has 2 rings (SSSR count). The number of hydrogen-bond donors (Lipinski definition) is 1. The van der Waals surface area contributed by atoms with Crippen LogP contribution < -0.4 is 5.32 Å². The number of amides is 1. The minimum atomic E-state index is -0.435. The summed E-state index contributed by atoms with van der Waals surface area (Å²) in [7, 11) is 0. The van der Waals surface area contributed by atoms with Crippen molar-refractivity contribution in [3.8, 4) is 0 Å². The molecule has 4 nitrogen and oxygen atoms in total. The highest BCUT2D eigenvalue weighted by Crippen LogP contribution is 2.25. The summed E-state index contributed by atoms with van der Waals surface area (Å²) >= 11 is 13.4. The lowest BCUT2D eigenvalue weighted by atomic mass is 10.1. The van der Waals surface area contributed by atoms with Crippen molar-refractivity contribution in [2.24, 2.45) is 0 Å². The van der Waals surface area contributed by atoms with Gasteiger partial charge in [-0.05, 0) is 47.0 Å². The van der Waals surface area contributed by atoms with Gasteiger partial charge in [0.05, 0.1) is 12.5 Å². The van der Waals surface area contributed by atoms with E-state index >= 15 is 0 Å². The number of thiophene rings is 1. The Kier molecular flexibility index (Phi) is 6.45. The number of carbonyl (C=O) groups excluding carboxylic acids is 2. The van der Waals surface area contributed by atoms with Crippen molar-refractivity contribution in [3.63, 3.8) is 0 Å². The molecule has 2 aromatic rings. The van der Waals surface area contributed by atoms with Crippen molar-refractivity contribution in [2.45, 2.75) is 19.4 Å². The molecule has 1 aromatic carbocycles. The first kappa shape index (κ1) is 17.8. The van der Waals surface area contributed by atoms with E-state index < -0.39 is 5.97 Å². The average Bonchev–Trinajstić information content (AvgIpc) is 2.97. The van der Waals surface area contributed by atoms with Gasteiger partial charge < -0.3 is 10.1 Å². The molecule has 1 atom stereocenters. The predicted molar refractivity (Wildman–Crippen MR) is 92.0 cm³/mol. The Bertz CT molecular complexity index is 689. The van der Waals surface area contributed by atoms with E-state index in [0.29, 0.717) is 10.0 Å². The van der Waals surface area contributed by atoms with Crippen LogP contribution in [0.1, 0.15) is 24.1 Å². The average molecular weight is 372 g/mol. The largest absolute Gasteiger partial charge is 0.455 e. The van der Waals surface area contributed by atoms with Crippen LogP contribution in [0.2, 0.25) is 10.0 Å². The van der Waals surface area contributed by atoms with Crippen LogP contribution in [0.15, 0.2) is 35.0 Å². The highest BCUT2D eigenvalue weighted by molar-refractivity contribution is 7.08. The molecule has 1 N–H and O–H groups in total. The van der Waals surface area contributed by atoms with Crippen molar-refractivity contribution in [2.75, 3.05) is 6.61 Å². The van der Waals surface area contributed by atoms with Gasteiger partial charge in [0, 0.05) is 10.0 Å². The molecule has 0 aliphatic rings. The molecule has 0 bridgehead atoms. The van der Waals surface area contributed by atoms with Gasteiger partial charge in [0.25, 0.3) is 5.91 Å². The van der Waals surface area contributed by atoms with E-state index in [4.69, 9.17) is 27.9 Å². The third kappa shape index (κ3) is 5.53. The molecular weight excluding hydrogens is 357 g/mol. The fourth-order valence-corrected chi connectivity index (χ4v) is 3.21. The van der Waals surface area contributed by atoms with Crippen LogP contribution in [0, 0.1) is 0 Å². The number of esters is 1. The van der Waals surface area contributed by atoms with Crippen molar-refractivity contribution >= 4 is 46.4 Å². The maximum atomic E-state index is 11.9. The fraction of sp³-hybridized carbons (Fsp3) is 0.250. The Labute approximate surface area is 148 Å². The van der Waals surface area contributed by atoms with E-state index in [1.807, 2.05) is 16.8 Å². The maximum Gasteiger partial charge on any atom is 0.310 e. The van der Waals surface area contributed by atoms with Crippen LogP contribution in [-0.2, 0) is 20.7 Å². The van der Waals surface area contributed by atoms with Gasteiger partial charge in [-0.1, -0.05) is 29.3 Å². The molecule has 0 spiro atoms. The Balaban J connectivity index is 1.81. The number of carbonyl (C=O) groups is 2. The third-order valence-corrected chi connectivity index (χ3v) is 4.39. The number of nitrogens with one attached hydrogen (secondary N) is 1. The van der Waals surface area contributed by atoms with E-state index in [1.54, 1.807) is 25.1 Å². The quantitative estimate of drug-likeness (QED) is 0.780. The highest BCUT2D eigenvalue weighted by atomic mass is 35.5. The second kappa shape index (κ2) is 8.34. The molecule has 0 saturated carbocycles. The minimum absolute atomic E-state index is 0.162. The molecule has 0 unspecified atom stereocenters. The third-order valence-electron chi connectivity index (χ3n) is 3.10. The number of rotatable bonds is 6. The first-order chi connectivity index (χ1) is 11.0. The summed E-state index contributed by atoms with van der Waals surface area (Å²) in [4.78, 5) is 23.5. The molecule has 0 fully saturated rings. The molecule has 0 saturated heterocycles. The van der Waals surface area contributed by atoms with Crippen molar-refractivity contribution in [1.82, 2.24) is 5.32 Å². The van der Waals surface area contributed by atoms with Crippen LogP contribution in [0.4, 0.5) is 0 Å². The number of benzene rings is 1. The zero-order valence-corrected chi connectivity index (χ0v) is 14.7. The maximum absolute atomic E-state index is 11.9. The fourth-order valence-electron chi connectivity index (χ4n) is 1.97. The molecule has 122 valence electrons. The zero-order valence-electron chi connectivity index (χ0n) is 12.3. The van der Waals surface area contributed by atoms with Crippen LogP contribution in [-0.4, -0.2) is 18.5 Å². The Morgan fingerprint density at radius 3 is 2.74 bits per heavy atom. The summed E-state index contributed by atoms with van der Waals surface area (Å²) in [5.41, 5.74) is 1.62. The lowest BCUT2D eigenvalue weighted by Crippen LogP contribution is -2.31. The van der Waals surface area contributed by atoms with Crippen molar-refractivity contribution in [1.29, 1.82) is 0 Å². The van der Waals surface area contributed by atoms with Crippen molar-refractivity contribution < 1.29 is 14.3 Å². The van der Waals surface area contributed by atoms with Crippen LogP contribution >= 0.6 is 34.5 Å². The summed E-state index contributed by atoms with van der Waals surface area (Å²) in [6.45, 7) is 1.47. The lowest BCUT2D eigenvalue weighted by Gasteiger charge is -2.16. The van der Waals surface area contributed by atoms with E-state index in [2.05, 4.69) is 5.32 Å². The summed E-state index contributed by atoms with van der Waals surface area (Å²) in [6, 6.07) is 6.59. The van der Waals surface area contributed by atoms with Crippen molar-refractivity contribution in [3.05, 3.63) is 56.2 Å². The molecule has 1 heterocycles.